The fourth-order valence-electron chi connectivity index (χ4n) is 1.93. The molecule has 15 heavy (non-hydrogen) atoms. The predicted molar refractivity (Wildman–Crippen MR) is 50.9 cm³/mol. The summed E-state index contributed by atoms with van der Waals surface area (Å²) < 4.78 is 12.6. The SMILES string of the molecule is N#CC1C(C(N)=O)C1c1ccc(F)cc1. The zero-order chi connectivity index (χ0) is 11.0. The normalized spacial score (nSPS) is 28.1. The molecule has 0 bridgehead atoms. The van der Waals surface area contributed by atoms with Gasteiger partial charge in [-0.3, -0.25) is 4.79 Å². The lowest BCUT2D eigenvalue weighted by molar-refractivity contribution is -0.119. The predicted octanol–water partition coefficient (Wildman–Crippen LogP) is 1.16. The summed E-state index contributed by atoms with van der Waals surface area (Å²) in [6.07, 6.45) is 0. The van der Waals surface area contributed by atoms with Gasteiger partial charge >= 0.3 is 0 Å². The summed E-state index contributed by atoms with van der Waals surface area (Å²) in [5, 5.41) is 8.78. The molecule has 1 aliphatic carbocycles. The number of hydrogen-bond donors (Lipinski definition) is 1. The standard InChI is InChI=1S/C11H9FN2O/c12-7-3-1-6(2-4-7)9-8(5-13)10(9)11(14)15/h1-4,8-10H,(H2,14,15). The first-order valence-electron chi connectivity index (χ1n) is 4.59. The summed E-state index contributed by atoms with van der Waals surface area (Å²) in [6, 6.07) is 7.86. The van der Waals surface area contributed by atoms with E-state index in [-0.39, 0.29) is 17.7 Å². The van der Waals surface area contributed by atoms with Crippen molar-refractivity contribution in [1.29, 1.82) is 5.26 Å². The molecule has 0 radical (unpaired) electrons. The van der Waals surface area contributed by atoms with Crippen LogP contribution in [0.1, 0.15) is 11.5 Å². The van der Waals surface area contributed by atoms with Gasteiger partial charge in [0.05, 0.1) is 17.9 Å². The van der Waals surface area contributed by atoms with E-state index >= 15 is 0 Å². The number of primary amides is 1. The maximum atomic E-state index is 12.6. The quantitative estimate of drug-likeness (QED) is 0.785. The van der Waals surface area contributed by atoms with Crippen molar-refractivity contribution >= 4 is 5.91 Å². The van der Waals surface area contributed by atoms with Gasteiger partial charge in [-0.1, -0.05) is 12.1 Å². The van der Waals surface area contributed by atoms with Crippen LogP contribution in [0, 0.1) is 29.0 Å². The fraction of sp³-hybridized carbons (Fsp3) is 0.273. The second kappa shape index (κ2) is 3.35. The highest BCUT2D eigenvalue weighted by Gasteiger charge is 2.55. The zero-order valence-electron chi connectivity index (χ0n) is 7.85. The molecule has 1 amide bonds. The Morgan fingerprint density at radius 2 is 2.00 bits per heavy atom. The van der Waals surface area contributed by atoms with Crippen LogP contribution >= 0.6 is 0 Å². The molecule has 0 spiro atoms. The summed E-state index contributed by atoms with van der Waals surface area (Å²) in [7, 11) is 0. The third-order valence-corrected chi connectivity index (χ3v) is 2.75. The molecule has 0 aromatic heterocycles. The van der Waals surface area contributed by atoms with Crippen LogP contribution in [0.15, 0.2) is 24.3 Å². The van der Waals surface area contributed by atoms with Crippen molar-refractivity contribution < 1.29 is 9.18 Å². The highest BCUT2D eigenvalue weighted by atomic mass is 19.1. The minimum atomic E-state index is -0.462. The molecule has 1 aromatic rings. The number of rotatable bonds is 2. The maximum absolute atomic E-state index is 12.6. The second-order valence-corrected chi connectivity index (χ2v) is 3.66. The van der Waals surface area contributed by atoms with Crippen LogP contribution in [-0.2, 0) is 4.79 Å². The molecule has 2 N–H and O–H groups in total. The van der Waals surface area contributed by atoms with Gasteiger partial charge in [0, 0.05) is 5.92 Å². The van der Waals surface area contributed by atoms with Crippen LogP contribution in [0.2, 0.25) is 0 Å². The molecular weight excluding hydrogens is 195 g/mol. The lowest BCUT2D eigenvalue weighted by Crippen LogP contribution is -2.14. The summed E-state index contributed by atoms with van der Waals surface area (Å²) >= 11 is 0. The third-order valence-electron chi connectivity index (χ3n) is 2.75. The van der Waals surface area contributed by atoms with Crippen molar-refractivity contribution in [2.75, 3.05) is 0 Å². The number of hydrogen-bond acceptors (Lipinski definition) is 2. The van der Waals surface area contributed by atoms with E-state index < -0.39 is 11.8 Å². The molecule has 1 saturated carbocycles. The summed E-state index contributed by atoms with van der Waals surface area (Å²) in [6.45, 7) is 0. The Labute approximate surface area is 86.3 Å². The van der Waals surface area contributed by atoms with Crippen molar-refractivity contribution in [2.24, 2.45) is 17.6 Å². The van der Waals surface area contributed by atoms with Crippen LogP contribution in [-0.4, -0.2) is 5.91 Å². The van der Waals surface area contributed by atoms with E-state index in [2.05, 4.69) is 0 Å². The third kappa shape index (κ3) is 1.57. The average Bonchev–Trinajstić information content (AvgIpc) is 2.93. The molecule has 3 atom stereocenters. The van der Waals surface area contributed by atoms with E-state index in [1.54, 1.807) is 12.1 Å². The molecule has 1 fully saturated rings. The van der Waals surface area contributed by atoms with Gasteiger partial charge < -0.3 is 5.73 Å². The number of benzene rings is 1. The topological polar surface area (TPSA) is 66.9 Å². The molecule has 2 rings (SSSR count). The Morgan fingerprint density at radius 3 is 2.40 bits per heavy atom. The summed E-state index contributed by atoms with van der Waals surface area (Å²) in [5.41, 5.74) is 5.96. The summed E-state index contributed by atoms with van der Waals surface area (Å²) in [5.74, 6) is -1.72. The first-order valence-corrected chi connectivity index (χ1v) is 4.59. The van der Waals surface area contributed by atoms with Crippen LogP contribution in [0.4, 0.5) is 4.39 Å². The van der Waals surface area contributed by atoms with Gasteiger partial charge in [0.25, 0.3) is 0 Å². The largest absolute Gasteiger partial charge is 0.369 e. The average molecular weight is 204 g/mol. The van der Waals surface area contributed by atoms with Gasteiger partial charge in [-0.2, -0.15) is 5.26 Å². The molecular formula is C11H9FN2O. The number of nitriles is 1. The van der Waals surface area contributed by atoms with E-state index in [1.807, 2.05) is 6.07 Å². The van der Waals surface area contributed by atoms with Gasteiger partial charge in [0.2, 0.25) is 5.91 Å². The summed E-state index contributed by atoms with van der Waals surface area (Å²) in [4.78, 5) is 11.0. The smallest absolute Gasteiger partial charge is 0.222 e. The molecule has 1 aromatic carbocycles. The number of nitrogens with zero attached hydrogens (tertiary/aromatic N) is 1. The second-order valence-electron chi connectivity index (χ2n) is 3.66. The van der Waals surface area contributed by atoms with Gasteiger partial charge in [-0.15, -0.1) is 0 Å². The highest BCUT2D eigenvalue weighted by Crippen LogP contribution is 2.53. The first-order chi connectivity index (χ1) is 7.15. The maximum Gasteiger partial charge on any atom is 0.222 e. The number of nitrogens with two attached hydrogens (primary N) is 1. The monoisotopic (exact) mass is 204 g/mol. The number of carbonyl (C=O) groups is 1. The molecule has 0 saturated heterocycles. The Morgan fingerprint density at radius 1 is 1.40 bits per heavy atom. The van der Waals surface area contributed by atoms with Crippen LogP contribution in [0.5, 0.6) is 0 Å². The van der Waals surface area contributed by atoms with Gasteiger partial charge in [0.1, 0.15) is 5.82 Å². The van der Waals surface area contributed by atoms with Crippen LogP contribution in [0.3, 0.4) is 0 Å². The molecule has 3 unspecified atom stereocenters. The van der Waals surface area contributed by atoms with E-state index in [1.165, 1.54) is 12.1 Å². The molecule has 4 heteroatoms. The van der Waals surface area contributed by atoms with Gasteiger partial charge in [-0.25, -0.2) is 4.39 Å². The van der Waals surface area contributed by atoms with Gasteiger partial charge in [0.15, 0.2) is 0 Å². The van der Waals surface area contributed by atoms with Crippen LogP contribution < -0.4 is 5.73 Å². The zero-order valence-corrected chi connectivity index (χ0v) is 7.85. The Kier molecular flexibility index (Phi) is 2.16. The molecule has 1 aliphatic rings. The molecule has 0 heterocycles. The number of carbonyl (C=O) groups excluding carboxylic acids is 1. The van der Waals surface area contributed by atoms with Crippen molar-refractivity contribution in [2.45, 2.75) is 5.92 Å². The fourth-order valence-corrected chi connectivity index (χ4v) is 1.93. The number of halogens is 1. The minimum Gasteiger partial charge on any atom is -0.369 e. The van der Waals surface area contributed by atoms with Crippen LogP contribution in [0.25, 0.3) is 0 Å². The van der Waals surface area contributed by atoms with E-state index in [4.69, 9.17) is 11.0 Å². The van der Waals surface area contributed by atoms with Crippen molar-refractivity contribution in [1.82, 2.24) is 0 Å². The molecule has 0 aliphatic heterocycles. The lowest BCUT2D eigenvalue weighted by atomic mass is 10.1. The number of amides is 1. The van der Waals surface area contributed by atoms with E-state index in [9.17, 15) is 9.18 Å². The van der Waals surface area contributed by atoms with E-state index in [0.29, 0.717) is 0 Å². The minimum absolute atomic E-state index is 0.159. The van der Waals surface area contributed by atoms with Gasteiger partial charge in [-0.05, 0) is 17.7 Å². The highest BCUT2D eigenvalue weighted by molar-refractivity contribution is 5.82. The van der Waals surface area contributed by atoms with E-state index in [0.717, 1.165) is 5.56 Å². The first kappa shape index (κ1) is 9.66. The lowest BCUT2D eigenvalue weighted by Gasteiger charge is -1.97. The molecule has 76 valence electrons. The Hall–Kier alpha value is -1.89. The molecule has 3 nitrogen and oxygen atoms in total. The van der Waals surface area contributed by atoms with Crippen molar-refractivity contribution in [3.8, 4) is 6.07 Å². The Bertz CT molecular complexity index is 435. The Balaban J connectivity index is 2.24. The van der Waals surface area contributed by atoms with Crippen molar-refractivity contribution in [3.63, 3.8) is 0 Å². The van der Waals surface area contributed by atoms with Crippen molar-refractivity contribution in [3.05, 3.63) is 35.6 Å².